The van der Waals surface area contributed by atoms with Gasteiger partial charge in [0.05, 0.1) is 0 Å². The summed E-state index contributed by atoms with van der Waals surface area (Å²) in [6.07, 6.45) is 0. The smallest absolute Gasteiger partial charge is 0.164 e. The molecule has 0 saturated heterocycles. The first-order valence-electron chi connectivity index (χ1n) is 17.1. The van der Waals surface area contributed by atoms with Crippen LogP contribution in [0.4, 0.5) is 0 Å². The highest BCUT2D eigenvalue weighted by Crippen LogP contribution is 2.43. The first-order valence-corrected chi connectivity index (χ1v) is 17.1. The summed E-state index contributed by atoms with van der Waals surface area (Å²) in [6, 6.07) is 61.0. The van der Waals surface area contributed by atoms with Gasteiger partial charge in [0, 0.05) is 33.0 Å². The van der Waals surface area contributed by atoms with Gasteiger partial charge < -0.3 is 4.42 Å². The molecule has 0 N–H and O–H groups in total. The Kier molecular flexibility index (Phi) is 6.78. The number of furan rings is 1. The van der Waals surface area contributed by atoms with E-state index in [1.807, 2.05) is 36.4 Å². The molecule has 238 valence electrons. The quantitative estimate of drug-likeness (QED) is 0.186. The molecule has 0 spiro atoms. The van der Waals surface area contributed by atoms with E-state index < -0.39 is 0 Å². The number of hydrogen-bond acceptors (Lipinski definition) is 4. The van der Waals surface area contributed by atoms with Gasteiger partial charge in [-0.15, -0.1) is 0 Å². The average molecular weight is 652 g/mol. The fourth-order valence-electron chi connectivity index (χ4n) is 7.21. The van der Waals surface area contributed by atoms with E-state index in [0.29, 0.717) is 17.5 Å². The first kappa shape index (κ1) is 29.0. The Morgan fingerprint density at radius 3 is 1.65 bits per heavy atom. The Morgan fingerprint density at radius 2 is 0.882 bits per heavy atom. The Morgan fingerprint density at radius 1 is 0.333 bits per heavy atom. The van der Waals surface area contributed by atoms with E-state index in [4.69, 9.17) is 19.4 Å². The zero-order chi connectivity index (χ0) is 33.7. The molecule has 51 heavy (non-hydrogen) atoms. The Bertz CT molecular complexity index is 2890. The fraction of sp³-hybridized carbons (Fsp3) is 0. The summed E-state index contributed by atoms with van der Waals surface area (Å²) in [5.74, 6) is 1.84. The van der Waals surface area contributed by atoms with Gasteiger partial charge in [0.2, 0.25) is 0 Å². The molecule has 0 aliphatic heterocycles. The van der Waals surface area contributed by atoms with E-state index >= 15 is 0 Å². The van der Waals surface area contributed by atoms with Gasteiger partial charge in [0.1, 0.15) is 11.2 Å². The maximum atomic E-state index is 6.84. The number of aromatic nitrogens is 3. The van der Waals surface area contributed by atoms with E-state index in [2.05, 4.69) is 140 Å². The van der Waals surface area contributed by atoms with Crippen molar-refractivity contribution >= 4 is 43.5 Å². The van der Waals surface area contributed by atoms with Crippen molar-refractivity contribution < 1.29 is 4.42 Å². The minimum atomic E-state index is 0.596. The number of rotatable bonds is 5. The van der Waals surface area contributed by atoms with Crippen LogP contribution in [0.25, 0.3) is 99.9 Å². The highest BCUT2D eigenvalue weighted by atomic mass is 16.3. The summed E-state index contributed by atoms with van der Waals surface area (Å²) in [6.45, 7) is 0. The summed E-state index contributed by atoms with van der Waals surface area (Å²) < 4.78 is 6.84. The summed E-state index contributed by atoms with van der Waals surface area (Å²) in [4.78, 5) is 15.5. The lowest BCUT2D eigenvalue weighted by Crippen LogP contribution is -2.01. The van der Waals surface area contributed by atoms with Gasteiger partial charge in [-0.25, -0.2) is 15.0 Å². The highest BCUT2D eigenvalue weighted by Gasteiger charge is 2.22. The molecule has 4 heteroatoms. The van der Waals surface area contributed by atoms with Crippen molar-refractivity contribution in [2.45, 2.75) is 0 Å². The van der Waals surface area contributed by atoms with Gasteiger partial charge in [-0.1, -0.05) is 152 Å². The van der Waals surface area contributed by atoms with Gasteiger partial charge in [-0.05, 0) is 62.5 Å². The van der Waals surface area contributed by atoms with Crippen molar-refractivity contribution in [3.63, 3.8) is 0 Å². The van der Waals surface area contributed by atoms with Crippen LogP contribution in [0.5, 0.6) is 0 Å². The molecule has 2 aromatic heterocycles. The molecule has 10 aromatic rings. The van der Waals surface area contributed by atoms with Crippen LogP contribution >= 0.6 is 0 Å². The predicted molar refractivity (Wildman–Crippen MR) is 209 cm³/mol. The van der Waals surface area contributed by atoms with E-state index in [1.165, 1.54) is 11.1 Å². The largest absolute Gasteiger partial charge is 0.455 e. The van der Waals surface area contributed by atoms with Crippen molar-refractivity contribution in [2.24, 2.45) is 0 Å². The molecule has 0 aliphatic carbocycles. The third-order valence-electron chi connectivity index (χ3n) is 9.73. The summed E-state index contributed by atoms with van der Waals surface area (Å²) >= 11 is 0. The van der Waals surface area contributed by atoms with Crippen molar-refractivity contribution in [1.82, 2.24) is 15.0 Å². The lowest BCUT2D eigenvalue weighted by Gasteiger charge is -2.12. The predicted octanol–water partition coefficient (Wildman–Crippen LogP) is 12.4. The molecule has 0 atom stereocenters. The number of fused-ring (bicyclic) bond motifs is 5. The van der Waals surface area contributed by atoms with Crippen LogP contribution in [0.1, 0.15) is 0 Å². The van der Waals surface area contributed by atoms with E-state index in [1.54, 1.807) is 0 Å². The number of benzene rings is 8. The first-order chi connectivity index (χ1) is 25.3. The van der Waals surface area contributed by atoms with Crippen LogP contribution in [-0.4, -0.2) is 15.0 Å². The maximum absolute atomic E-state index is 6.84. The van der Waals surface area contributed by atoms with Crippen LogP contribution in [0, 0.1) is 0 Å². The van der Waals surface area contributed by atoms with Crippen molar-refractivity contribution in [1.29, 1.82) is 0 Å². The monoisotopic (exact) mass is 651 g/mol. The van der Waals surface area contributed by atoms with Crippen LogP contribution in [-0.2, 0) is 0 Å². The normalized spacial score (nSPS) is 11.5. The topological polar surface area (TPSA) is 51.8 Å². The van der Waals surface area contributed by atoms with Crippen LogP contribution < -0.4 is 0 Å². The van der Waals surface area contributed by atoms with Gasteiger partial charge in [0.25, 0.3) is 0 Å². The molecular formula is C47H29N3O. The number of nitrogens with zero attached hydrogens (tertiary/aromatic N) is 3. The summed E-state index contributed by atoms with van der Waals surface area (Å²) in [7, 11) is 0. The second kappa shape index (κ2) is 11.9. The van der Waals surface area contributed by atoms with Crippen LogP contribution in [0.2, 0.25) is 0 Å². The minimum Gasteiger partial charge on any atom is -0.455 e. The van der Waals surface area contributed by atoms with E-state index in [0.717, 1.165) is 71.3 Å². The standard InChI is InChI=1S/C47H29N3O/c1-3-12-30(13-4-1)31-22-24-33(25-23-31)38-26-27-40(43-41-28-35-17-7-8-18-36(35)29-42(41)51-44(38)43)47-49-45(34-15-5-2-6-16-34)48-46(50-47)39-21-11-19-32-14-9-10-20-37(32)39/h1-29H. The molecule has 0 unspecified atom stereocenters. The Balaban J connectivity index is 1.24. The third-order valence-corrected chi connectivity index (χ3v) is 9.73. The molecule has 0 fully saturated rings. The van der Waals surface area contributed by atoms with Gasteiger partial charge in [0.15, 0.2) is 17.5 Å². The molecule has 8 aromatic carbocycles. The van der Waals surface area contributed by atoms with Crippen molar-refractivity contribution in [3.8, 4) is 56.4 Å². The van der Waals surface area contributed by atoms with Crippen LogP contribution in [0.15, 0.2) is 180 Å². The van der Waals surface area contributed by atoms with E-state index in [9.17, 15) is 0 Å². The highest BCUT2D eigenvalue weighted by molar-refractivity contribution is 6.18. The van der Waals surface area contributed by atoms with Crippen molar-refractivity contribution in [2.75, 3.05) is 0 Å². The van der Waals surface area contributed by atoms with Crippen molar-refractivity contribution in [3.05, 3.63) is 176 Å². The maximum Gasteiger partial charge on any atom is 0.164 e. The van der Waals surface area contributed by atoms with Gasteiger partial charge >= 0.3 is 0 Å². The fourth-order valence-corrected chi connectivity index (χ4v) is 7.21. The summed E-state index contributed by atoms with van der Waals surface area (Å²) in [5.41, 5.74) is 8.86. The van der Waals surface area contributed by atoms with Crippen LogP contribution in [0.3, 0.4) is 0 Å². The molecular weight excluding hydrogens is 623 g/mol. The molecule has 2 heterocycles. The molecule has 4 nitrogen and oxygen atoms in total. The zero-order valence-electron chi connectivity index (χ0n) is 27.5. The number of hydrogen-bond donors (Lipinski definition) is 0. The van der Waals surface area contributed by atoms with E-state index in [-0.39, 0.29) is 0 Å². The zero-order valence-corrected chi connectivity index (χ0v) is 27.5. The lowest BCUT2D eigenvalue weighted by atomic mass is 9.95. The molecule has 0 aliphatic rings. The molecule has 0 bridgehead atoms. The van der Waals surface area contributed by atoms with Gasteiger partial charge in [-0.3, -0.25) is 0 Å². The Labute approximate surface area is 294 Å². The molecule has 0 radical (unpaired) electrons. The lowest BCUT2D eigenvalue weighted by molar-refractivity contribution is 0.670. The molecule has 10 rings (SSSR count). The summed E-state index contributed by atoms with van der Waals surface area (Å²) in [5, 5.41) is 6.51. The molecule has 0 saturated carbocycles. The second-order valence-corrected chi connectivity index (χ2v) is 12.8. The average Bonchev–Trinajstić information content (AvgIpc) is 3.58. The Hall–Kier alpha value is -6.91. The van der Waals surface area contributed by atoms with Gasteiger partial charge in [-0.2, -0.15) is 0 Å². The minimum absolute atomic E-state index is 0.596. The SMILES string of the molecule is c1ccc(-c2ccc(-c3ccc(-c4nc(-c5ccccc5)nc(-c5cccc6ccccc56)n4)c4c3oc3cc5ccccc5cc34)cc2)cc1. The molecule has 0 amide bonds. The third kappa shape index (κ3) is 5.04. The second-order valence-electron chi connectivity index (χ2n) is 12.8.